The van der Waals surface area contributed by atoms with Gasteiger partial charge < -0.3 is 64.2 Å². The molecular weight excluding hydrogens is 692 g/mol. The normalized spacial score (nSPS) is 59.4. The average molecular weight is 755 g/mol. The van der Waals surface area contributed by atoms with Crippen molar-refractivity contribution in [2.45, 2.75) is 178 Å². The van der Waals surface area contributed by atoms with Crippen molar-refractivity contribution in [3.8, 4) is 0 Å². The number of carbonyl (C=O) groups is 1. The summed E-state index contributed by atoms with van der Waals surface area (Å²) < 4.78 is 36.4. The van der Waals surface area contributed by atoms with Crippen LogP contribution in [0.3, 0.4) is 0 Å². The second kappa shape index (κ2) is 13.8. The standard InChI is InChI=1S/C39H62O14/c1-16-12-26(51-34(16)46)39(47)17(2)27-24(53-39)14-23-21-7-6-19-13-20(8-10-37(19,4)22(21)9-11-38(23,27)5)49-36-33(31(44)29(42)25(15-40)50-36)52-35-32(45)30(43)28(41)18(3)48-35/h16-33,35-36,40-45,47H,6-15H2,1-5H3/t16-,17+,18+,19+,20+,21-,22+,23+,24+,25-,26-,27+,28+,29+,30-,31+,32-,33-,35+,36-,37+,38+,39?/m1/s1. The zero-order valence-electron chi connectivity index (χ0n) is 31.6. The summed E-state index contributed by atoms with van der Waals surface area (Å²) in [5.41, 5.74) is 0.125. The van der Waals surface area contributed by atoms with Crippen LogP contribution in [0.1, 0.15) is 92.4 Å². The smallest absolute Gasteiger partial charge is 0.309 e. The summed E-state index contributed by atoms with van der Waals surface area (Å²) in [7, 11) is 0. The van der Waals surface area contributed by atoms with E-state index in [0.717, 1.165) is 51.4 Å². The lowest BCUT2D eigenvalue weighted by molar-refractivity contribution is -0.371. The summed E-state index contributed by atoms with van der Waals surface area (Å²) in [5.74, 6) is 0.0559. The number of hydrogen-bond donors (Lipinski definition) is 7. The van der Waals surface area contributed by atoms with E-state index in [4.69, 9.17) is 28.4 Å². The van der Waals surface area contributed by atoms with Gasteiger partial charge in [-0.2, -0.15) is 0 Å². The number of ether oxygens (including phenoxy) is 6. The van der Waals surface area contributed by atoms with E-state index in [1.165, 1.54) is 6.92 Å². The Morgan fingerprint density at radius 1 is 0.774 bits per heavy atom. The van der Waals surface area contributed by atoms with Crippen LogP contribution in [-0.2, 0) is 33.2 Å². The number of aliphatic hydroxyl groups is 7. The minimum atomic E-state index is -1.62. The zero-order chi connectivity index (χ0) is 37.9. The molecule has 4 heterocycles. The van der Waals surface area contributed by atoms with Gasteiger partial charge in [0.05, 0.1) is 30.8 Å². The molecule has 0 spiro atoms. The van der Waals surface area contributed by atoms with Gasteiger partial charge in [0.15, 0.2) is 18.7 Å². The van der Waals surface area contributed by atoms with Crippen molar-refractivity contribution in [1.29, 1.82) is 0 Å². The van der Waals surface area contributed by atoms with E-state index in [1.54, 1.807) is 0 Å². The lowest BCUT2D eigenvalue weighted by atomic mass is 9.44. The molecule has 0 aromatic heterocycles. The number of fused-ring (bicyclic) bond motifs is 7. The fourth-order valence-corrected chi connectivity index (χ4v) is 13.1. The quantitative estimate of drug-likeness (QED) is 0.149. The van der Waals surface area contributed by atoms with E-state index < -0.39 is 79.9 Å². The second-order valence-corrected chi connectivity index (χ2v) is 18.7. The topological polar surface area (TPSA) is 214 Å². The molecule has 0 bridgehead atoms. The van der Waals surface area contributed by atoms with Crippen LogP contribution in [0.2, 0.25) is 0 Å². The largest absolute Gasteiger partial charge is 0.456 e. The number of aliphatic hydroxyl groups excluding tert-OH is 6. The minimum Gasteiger partial charge on any atom is -0.456 e. The summed E-state index contributed by atoms with van der Waals surface area (Å²) in [6.07, 6.45) is -6.27. The fourth-order valence-electron chi connectivity index (χ4n) is 13.1. The van der Waals surface area contributed by atoms with Crippen LogP contribution in [0.4, 0.5) is 0 Å². The third kappa shape index (κ3) is 5.99. The molecule has 0 aromatic carbocycles. The van der Waals surface area contributed by atoms with Gasteiger partial charge in [0, 0.05) is 12.3 Å². The van der Waals surface area contributed by atoms with Crippen molar-refractivity contribution in [2.24, 2.45) is 52.3 Å². The van der Waals surface area contributed by atoms with Crippen LogP contribution < -0.4 is 0 Å². The Labute approximate surface area is 311 Å². The number of cyclic esters (lactones) is 1. The highest BCUT2D eigenvalue weighted by Crippen LogP contribution is 2.71. The molecule has 4 aliphatic heterocycles. The molecule has 8 aliphatic rings. The van der Waals surface area contributed by atoms with Crippen LogP contribution in [0.15, 0.2) is 0 Å². The van der Waals surface area contributed by atoms with Crippen LogP contribution in [0.25, 0.3) is 0 Å². The van der Waals surface area contributed by atoms with E-state index in [-0.39, 0.29) is 46.8 Å². The van der Waals surface area contributed by atoms with Crippen LogP contribution in [0.5, 0.6) is 0 Å². The maximum atomic E-state index is 12.3. The van der Waals surface area contributed by atoms with Gasteiger partial charge in [-0.25, -0.2) is 0 Å². The van der Waals surface area contributed by atoms with Crippen molar-refractivity contribution in [1.82, 2.24) is 0 Å². The van der Waals surface area contributed by atoms with Crippen molar-refractivity contribution >= 4 is 5.97 Å². The third-order valence-corrected chi connectivity index (χ3v) is 16.2. The molecule has 53 heavy (non-hydrogen) atoms. The Morgan fingerprint density at radius 2 is 1.51 bits per heavy atom. The first kappa shape index (κ1) is 38.8. The second-order valence-electron chi connectivity index (χ2n) is 18.7. The number of esters is 1. The van der Waals surface area contributed by atoms with E-state index in [1.807, 2.05) is 6.92 Å². The van der Waals surface area contributed by atoms with E-state index >= 15 is 0 Å². The first-order valence-corrected chi connectivity index (χ1v) is 20.3. The molecule has 7 N–H and O–H groups in total. The molecule has 302 valence electrons. The van der Waals surface area contributed by atoms with E-state index in [9.17, 15) is 40.5 Å². The van der Waals surface area contributed by atoms with Gasteiger partial charge in [0.2, 0.25) is 5.79 Å². The lowest BCUT2D eigenvalue weighted by Crippen LogP contribution is -2.64. The maximum absolute atomic E-state index is 12.3. The van der Waals surface area contributed by atoms with E-state index in [2.05, 4.69) is 20.8 Å². The number of carbonyl (C=O) groups excluding carboxylic acids is 1. The molecule has 0 amide bonds. The molecule has 14 heteroatoms. The van der Waals surface area contributed by atoms with Crippen molar-refractivity contribution < 1.29 is 69.0 Å². The highest BCUT2D eigenvalue weighted by atomic mass is 16.8. The Balaban J connectivity index is 0.941. The van der Waals surface area contributed by atoms with Gasteiger partial charge in [0.1, 0.15) is 42.7 Å². The van der Waals surface area contributed by atoms with Crippen molar-refractivity contribution in [2.75, 3.05) is 6.61 Å². The molecular formula is C39H62O14. The third-order valence-electron chi connectivity index (χ3n) is 16.2. The lowest BCUT2D eigenvalue weighted by Gasteiger charge is -2.61. The molecule has 8 fully saturated rings. The van der Waals surface area contributed by atoms with Gasteiger partial charge in [-0.05, 0) is 98.7 Å². The van der Waals surface area contributed by atoms with Crippen LogP contribution >= 0.6 is 0 Å². The molecule has 14 nitrogen and oxygen atoms in total. The Kier molecular flexibility index (Phi) is 10.1. The van der Waals surface area contributed by atoms with Gasteiger partial charge in [-0.3, -0.25) is 4.79 Å². The first-order valence-electron chi connectivity index (χ1n) is 20.3. The monoisotopic (exact) mass is 754 g/mol. The molecule has 4 aliphatic carbocycles. The summed E-state index contributed by atoms with van der Waals surface area (Å²) in [4.78, 5) is 12.3. The van der Waals surface area contributed by atoms with Crippen molar-refractivity contribution in [3.05, 3.63) is 0 Å². The summed E-state index contributed by atoms with van der Waals surface area (Å²) in [6.45, 7) is 9.78. The first-order chi connectivity index (χ1) is 25.0. The molecule has 8 rings (SSSR count). The van der Waals surface area contributed by atoms with Gasteiger partial charge in [-0.15, -0.1) is 0 Å². The van der Waals surface area contributed by atoms with Crippen molar-refractivity contribution in [3.63, 3.8) is 0 Å². The maximum Gasteiger partial charge on any atom is 0.309 e. The molecule has 4 saturated carbocycles. The van der Waals surface area contributed by atoms with Crippen LogP contribution in [-0.4, -0.2) is 134 Å². The highest BCUT2D eigenvalue weighted by Gasteiger charge is 2.70. The Bertz CT molecular complexity index is 1370. The summed E-state index contributed by atoms with van der Waals surface area (Å²) >= 11 is 0. The van der Waals surface area contributed by atoms with Gasteiger partial charge in [0.25, 0.3) is 0 Å². The summed E-state index contributed by atoms with van der Waals surface area (Å²) in [5, 5.41) is 74.8. The SMILES string of the molecule is C[C@@H]1C[C@H](C2(O)O[C@H]3C[C@H]4[C@@H]5CC[C@H]6C[C@@H](O[C@@H]7O[C@H](CO)[C@H](O)[C@H](O)[C@H]7O[C@@H]7O[C@@H](C)[C@H](O)[C@@H](O)[C@H]7O)CC[C@]6(C)[C@H]5CC[C@]4(C)[C@H]3[C@@H]2C)OC1=O. The fraction of sp³-hybridized carbons (Fsp3) is 0.974. The molecule has 1 unspecified atom stereocenters. The van der Waals surface area contributed by atoms with Gasteiger partial charge in [-0.1, -0.05) is 27.7 Å². The Morgan fingerprint density at radius 3 is 2.21 bits per heavy atom. The molecule has 0 aromatic rings. The average Bonchev–Trinajstić information content (AvgIpc) is 3.72. The molecule has 0 radical (unpaired) electrons. The minimum absolute atomic E-state index is 0.0248. The predicted octanol–water partition coefficient (Wildman–Crippen LogP) is 0.967. The highest BCUT2D eigenvalue weighted by molar-refractivity contribution is 5.74. The zero-order valence-corrected chi connectivity index (χ0v) is 31.6. The van der Waals surface area contributed by atoms with Crippen LogP contribution in [0, 0.1) is 52.3 Å². The van der Waals surface area contributed by atoms with E-state index in [0.29, 0.717) is 30.1 Å². The molecule has 23 atom stereocenters. The van der Waals surface area contributed by atoms with Gasteiger partial charge >= 0.3 is 5.97 Å². The Hall–Kier alpha value is -1.01. The number of hydrogen-bond acceptors (Lipinski definition) is 14. The predicted molar refractivity (Wildman–Crippen MR) is 183 cm³/mol. The summed E-state index contributed by atoms with van der Waals surface area (Å²) in [6, 6.07) is 0. The number of rotatable bonds is 6. The molecule has 4 saturated heterocycles.